The maximum atomic E-state index is 12.9. The molecule has 0 aliphatic carbocycles. The zero-order valence-electron chi connectivity index (χ0n) is 12.9. The summed E-state index contributed by atoms with van der Waals surface area (Å²) in [4.78, 5) is 11.9. The van der Waals surface area contributed by atoms with E-state index in [0.717, 1.165) is 0 Å². The Bertz CT molecular complexity index is 791. The van der Waals surface area contributed by atoms with Gasteiger partial charge in [-0.1, -0.05) is 30.3 Å². The lowest BCUT2D eigenvalue weighted by atomic mass is 10.0. The number of carbonyl (C=O) groups excluding carboxylic acids is 1. The first-order valence-corrected chi connectivity index (χ1v) is 8.59. The monoisotopic (exact) mass is 350 g/mol. The van der Waals surface area contributed by atoms with Crippen LogP contribution < -0.4 is 16.0 Å². The molecule has 0 saturated carbocycles. The Morgan fingerprint density at radius 3 is 2.21 bits per heavy atom. The molecule has 0 aliphatic heterocycles. The molecule has 7 nitrogen and oxygen atoms in total. The van der Waals surface area contributed by atoms with Crippen molar-refractivity contribution >= 4 is 15.7 Å². The molecule has 24 heavy (non-hydrogen) atoms. The van der Waals surface area contributed by atoms with Crippen LogP contribution in [0.4, 0.5) is 0 Å². The van der Waals surface area contributed by atoms with E-state index in [0.29, 0.717) is 11.3 Å². The van der Waals surface area contributed by atoms with Crippen LogP contribution in [0, 0.1) is 0 Å². The predicted molar refractivity (Wildman–Crippen MR) is 87.3 cm³/mol. The molecule has 2 rings (SSSR count). The van der Waals surface area contributed by atoms with Gasteiger partial charge in [0.1, 0.15) is 5.75 Å². The van der Waals surface area contributed by atoms with Crippen molar-refractivity contribution in [1.29, 1.82) is 0 Å². The van der Waals surface area contributed by atoms with Crippen LogP contribution >= 0.6 is 0 Å². The average Bonchev–Trinajstić information content (AvgIpc) is 2.62. The lowest BCUT2D eigenvalue weighted by Crippen LogP contribution is -2.45. The van der Waals surface area contributed by atoms with E-state index in [4.69, 9.17) is 15.7 Å². The molecule has 2 aromatic rings. The number of sulfone groups is 1. The Balaban J connectivity index is 2.48. The normalized spacial score (nSPS) is 13.8. The van der Waals surface area contributed by atoms with Crippen molar-refractivity contribution in [2.45, 2.75) is 16.2 Å². The lowest BCUT2D eigenvalue weighted by Gasteiger charge is -2.22. The number of ether oxygens (including phenoxy) is 1. The summed E-state index contributed by atoms with van der Waals surface area (Å²) in [5, 5.41) is 7.27. The van der Waals surface area contributed by atoms with Crippen molar-refractivity contribution in [3.05, 3.63) is 60.2 Å². The standard InChI is InChI=1S/C16H18N2O5S/c1-23-12-7-9-13(10-8-12)24(21,22)15(16(19)18-20)14(17)11-5-3-2-4-6-11/h2-10,14-15,20H,17H2,1H3,(H,18,19). The number of hydrogen-bond donors (Lipinski definition) is 3. The number of hydrogen-bond acceptors (Lipinski definition) is 6. The van der Waals surface area contributed by atoms with Gasteiger partial charge in [-0.15, -0.1) is 0 Å². The molecule has 1 amide bonds. The van der Waals surface area contributed by atoms with Crippen molar-refractivity contribution in [2.24, 2.45) is 5.73 Å². The summed E-state index contributed by atoms with van der Waals surface area (Å²) in [5.74, 6) is -0.619. The second-order valence-electron chi connectivity index (χ2n) is 5.05. The van der Waals surface area contributed by atoms with Crippen molar-refractivity contribution < 1.29 is 23.2 Å². The molecule has 0 bridgehead atoms. The van der Waals surface area contributed by atoms with Gasteiger partial charge in [-0.05, 0) is 29.8 Å². The minimum Gasteiger partial charge on any atom is -0.497 e. The summed E-state index contributed by atoms with van der Waals surface area (Å²) in [6.45, 7) is 0. The molecule has 0 aliphatic rings. The molecule has 4 N–H and O–H groups in total. The van der Waals surface area contributed by atoms with Crippen LogP contribution in [0.25, 0.3) is 0 Å². The van der Waals surface area contributed by atoms with Crippen LogP contribution in [0.3, 0.4) is 0 Å². The van der Waals surface area contributed by atoms with E-state index in [2.05, 4.69) is 0 Å². The van der Waals surface area contributed by atoms with Gasteiger partial charge in [0.15, 0.2) is 15.1 Å². The molecule has 2 unspecified atom stereocenters. The highest BCUT2D eigenvalue weighted by molar-refractivity contribution is 7.92. The summed E-state index contributed by atoms with van der Waals surface area (Å²) in [6, 6.07) is 12.8. The molecular weight excluding hydrogens is 332 g/mol. The highest BCUT2D eigenvalue weighted by atomic mass is 32.2. The molecular formula is C16H18N2O5S. The third kappa shape index (κ3) is 3.56. The molecule has 0 heterocycles. The highest BCUT2D eigenvalue weighted by Gasteiger charge is 2.39. The van der Waals surface area contributed by atoms with E-state index in [1.54, 1.807) is 30.3 Å². The van der Waals surface area contributed by atoms with Gasteiger partial charge in [-0.25, -0.2) is 13.9 Å². The van der Waals surface area contributed by atoms with Crippen LogP contribution in [-0.2, 0) is 14.6 Å². The van der Waals surface area contributed by atoms with Gasteiger partial charge >= 0.3 is 0 Å². The second-order valence-corrected chi connectivity index (χ2v) is 7.12. The Hall–Kier alpha value is -2.42. The van der Waals surface area contributed by atoms with Gasteiger partial charge in [0.2, 0.25) is 0 Å². The van der Waals surface area contributed by atoms with Gasteiger partial charge in [0, 0.05) is 0 Å². The Morgan fingerprint density at radius 2 is 1.71 bits per heavy atom. The summed E-state index contributed by atoms with van der Waals surface area (Å²) in [6.07, 6.45) is 0. The van der Waals surface area contributed by atoms with E-state index in [1.165, 1.54) is 36.9 Å². The van der Waals surface area contributed by atoms with Crippen molar-refractivity contribution in [3.8, 4) is 5.75 Å². The third-order valence-corrected chi connectivity index (χ3v) is 5.71. The van der Waals surface area contributed by atoms with Crippen LogP contribution in [0.2, 0.25) is 0 Å². The molecule has 0 saturated heterocycles. The largest absolute Gasteiger partial charge is 0.497 e. The van der Waals surface area contributed by atoms with Gasteiger partial charge in [-0.3, -0.25) is 10.0 Å². The average molecular weight is 350 g/mol. The van der Waals surface area contributed by atoms with E-state index in [9.17, 15) is 13.2 Å². The quantitative estimate of drug-likeness (QED) is 0.529. The maximum Gasteiger partial charge on any atom is 0.264 e. The molecule has 8 heteroatoms. The number of rotatable bonds is 6. The summed E-state index contributed by atoms with van der Waals surface area (Å²) in [7, 11) is -2.68. The second kappa shape index (κ2) is 7.43. The first-order chi connectivity index (χ1) is 11.4. The number of hydroxylamine groups is 1. The number of nitrogens with two attached hydrogens (primary N) is 1. The minimum absolute atomic E-state index is 0.0942. The Morgan fingerprint density at radius 1 is 1.12 bits per heavy atom. The number of nitrogens with one attached hydrogen (secondary N) is 1. The predicted octanol–water partition coefficient (Wildman–Crippen LogP) is 1.04. The molecule has 0 aromatic heterocycles. The van der Waals surface area contributed by atoms with E-state index < -0.39 is 27.0 Å². The molecule has 0 fully saturated rings. The number of methoxy groups -OCH3 is 1. The van der Waals surface area contributed by atoms with Crippen molar-refractivity contribution in [3.63, 3.8) is 0 Å². The van der Waals surface area contributed by atoms with E-state index in [-0.39, 0.29) is 4.90 Å². The van der Waals surface area contributed by atoms with Crippen LogP contribution in [0.1, 0.15) is 11.6 Å². The number of carbonyl (C=O) groups is 1. The van der Waals surface area contributed by atoms with Gasteiger partial charge < -0.3 is 10.5 Å². The maximum absolute atomic E-state index is 12.9. The molecule has 0 spiro atoms. The smallest absolute Gasteiger partial charge is 0.264 e. The van der Waals surface area contributed by atoms with Crippen molar-refractivity contribution in [2.75, 3.05) is 7.11 Å². The van der Waals surface area contributed by atoms with Gasteiger partial charge in [-0.2, -0.15) is 0 Å². The molecule has 2 aromatic carbocycles. The zero-order chi connectivity index (χ0) is 17.7. The SMILES string of the molecule is COc1ccc(S(=O)(=O)C(C(=O)NO)C(N)c2ccccc2)cc1. The van der Waals surface area contributed by atoms with Crippen molar-refractivity contribution in [1.82, 2.24) is 5.48 Å². The highest BCUT2D eigenvalue weighted by Crippen LogP contribution is 2.27. The van der Waals surface area contributed by atoms with Crippen LogP contribution in [0.15, 0.2) is 59.5 Å². The summed E-state index contributed by atoms with van der Waals surface area (Å²) >= 11 is 0. The molecule has 128 valence electrons. The third-order valence-electron chi connectivity index (χ3n) is 3.60. The van der Waals surface area contributed by atoms with Gasteiger partial charge in [0.25, 0.3) is 5.91 Å². The van der Waals surface area contributed by atoms with Gasteiger partial charge in [0.05, 0.1) is 18.0 Å². The fourth-order valence-corrected chi connectivity index (χ4v) is 4.01. The van der Waals surface area contributed by atoms with Crippen LogP contribution in [-0.4, -0.2) is 31.9 Å². The Labute approximate surface area is 139 Å². The fraction of sp³-hybridized carbons (Fsp3) is 0.188. The zero-order valence-corrected chi connectivity index (χ0v) is 13.7. The Kier molecular flexibility index (Phi) is 5.55. The topological polar surface area (TPSA) is 119 Å². The molecule has 0 radical (unpaired) electrons. The number of amides is 1. The van der Waals surface area contributed by atoms with E-state index >= 15 is 0 Å². The minimum atomic E-state index is -4.14. The summed E-state index contributed by atoms with van der Waals surface area (Å²) in [5.41, 5.74) is 7.87. The van der Waals surface area contributed by atoms with E-state index in [1.807, 2.05) is 0 Å². The summed E-state index contributed by atoms with van der Waals surface area (Å²) < 4.78 is 30.7. The molecule has 2 atom stereocenters. The number of benzene rings is 2. The lowest BCUT2D eigenvalue weighted by molar-refractivity contribution is -0.129. The first kappa shape index (κ1) is 17.9. The van der Waals surface area contributed by atoms with Crippen LogP contribution in [0.5, 0.6) is 5.75 Å². The fourth-order valence-electron chi connectivity index (χ4n) is 2.32. The first-order valence-electron chi connectivity index (χ1n) is 7.04.